The van der Waals surface area contributed by atoms with Crippen LogP contribution in [-0.4, -0.2) is 11.0 Å². The molecule has 2 aromatic rings. The van der Waals surface area contributed by atoms with E-state index in [0.29, 0.717) is 6.04 Å². The second-order valence-corrected chi connectivity index (χ2v) is 4.64. The first kappa shape index (κ1) is 10.2. The minimum absolute atomic E-state index is 0. The van der Waals surface area contributed by atoms with Crippen molar-refractivity contribution in [2.45, 2.75) is 25.8 Å². The molecule has 3 rings (SSSR count). The van der Waals surface area contributed by atoms with Gasteiger partial charge in [-0.15, -0.1) is 5.73 Å². The number of rotatable bonds is 4. The van der Waals surface area contributed by atoms with Crippen LogP contribution in [0.4, 0.5) is 0 Å². The van der Waals surface area contributed by atoms with Crippen molar-refractivity contribution in [3.8, 4) is 0 Å². The third kappa shape index (κ3) is 2.00. The quantitative estimate of drug-likeness (QED) is 0.768. The summed E-state index contributed by atoms with van der Waals surface area (Å²) < 4.78 is 0. The largest absolute Gasteiger partial charge is 0.379 e. The number of aromatic nitrogens is 1. The third-order valence-electron chi connectivity index (χ3n) is 3.20. The number of aromatic amines is 1. The molecule has 2 N–H and O–H groups in total. The Morgan fingerprint density at radius 3 is 3.06 bits per heavy atom. The highest BCUT2D eigenvalue weighted by Gasteiger charge is 2.10. The molecule has 1 heterocycles. The second kappa shape index (κ2) is 4.15. The molecule has 2 nitrogen and oxygen atoms in total. The maximum atomic E-state index is 3.48. The summed E-state index contributed by atoms with van der Waals surface area (Å²) in [6, 6.07) is 8.90. The highest BCUT2D eigenvalue weighted by atomic mass is 14.9. The van der Waals surface area contributed by atoms with Crippen LogP contribution < -0.4 is 5.32 Å². The number of hydrogen-bond donors (Lipinski definition) is 2. The molecule has 0 saturated carbocycles. The molecular formula is C15H20N2. The Morgan fingerprint density at radius 2 is 2.29 bits per heavy atom. The van der Waals surface area contributed by atoms with Gasteiger partial charge in [0, 0.05) is 32.4 Å². The minimum Gasteiger partial charge on any atom is -0.379 e. The van der Waals surface area contributed by atoms with Gasteiger partial charge >= 0.3 is 0 Å². The van der Waals surface area contributed by atoms with Gasteiger partial charge in [0.2, 0.25) is 0 Å². The normalized spacial score (nSPS) is 15.5. The van der Waals surface area contributed by atoms with Crippen LogP contribution >= 0.6 is 0 Å². The van der Waals surface area contributed by atoms with E-state index in [2.05, 4.69) is 59.5 Å². The molecule has 2 heteroatoms. The number of para-hydroxylation sites is 1. The minimum atomic E-state index is 0. The number of benzene rings is 1. The zero-order valence-electron chi connectivity index (χ0n) is 9.96. The van der Waals surface area contributed by atoms with Crippen LogP contribution in [0.3, 0.4) is 0 Å². The first-order chi connectivity index (χ1) is 8.33. The highest BCUT2D eigenvalue weighted by molar-refractivity contribution is 5.83. The number of hydrogen-bond acceptors (Lipinski definition) is 1. The van der Waals surface area contributed by atoms with E-state index >= 15 is 0 Å². The summed E-state index contributed by atoms with van der Waals surface area (Å²) in [4.78, 5) is 3.32. The fourth-order valence-electron chi connectivity index (χ4n) is 2.28. The Bertz CT molecular complexity index is 609. The Labute approximate surface area is 104 Å². The lowest BCUT2D eigenvalue weighted by atomic mass is 10.0. The first-order valence-corrected chi connectivity index (χ1v) is 6.08. The van der Waals surface area contributed by atoms with E-state index in [-0.39, 0.29) is 2.85 Å². The van der Waals surface area contributed by atoms with E-state index in [9.17, 15) is 0 Å². The van der Waals surface area contributed by atoms with E-state index in [1.807, 2.05) is 0 Å². The van der Waals surface area contributed by atoms with Crippen LogP contribution in [-0.2, 0) is 6.42 Å². The van der Waals surface area contributed by atoms with Gasteiger partial charge in [-0.25, -0.2) is 0 Å². The average molecular weight is 228 g/mol. The Hall–Kier alpha value is -1.92. The SMILES string of the molecule is CC(Cc1c[nH]c2ccccc12)NC1=C=CC1.[HH].[HH]. The molecule has 1 aliphatic rings. The van der Waals surface area contributed by atoms with Crippen molar-refractivity contribution in [1.29, 1.82) is 0 Å². The molecule has 0 radical (unpaired) electrons. The van der Waals surface area contributed by atoms with E-state index in [1.54, 1.807) is 0 Å². The topological polar surface area (TPSA) is 27.8 Å². The lowest BCUT2D eigenvalue weighted by Crippen LogP contribution is -2.28. The number of fused-ring (bicyclic) bond motifs is 1. The predicted octanol–water partition coefficient (Wildman–Crippen LogP) is 3.62. The van der Waals surface area contributed by atoms with Gasteiger partial charge in [0.25, 0.3) is 0 Å². The van der Waals surface area contributed by atoms with Crippen LogP contribution in [0.1, 0.15) is 21.8 Å². The monoisotopic (exact) mass is 228 g/mol. The summed E-state index contributed by atoms with van der Waals surface area (Å²) in [7, 11) is 0. The van der Waals surface area contributed by atoms with Gasteiger partial charge in [0.15, 0.2) is 0 Å². The fraction of sp³-hybridized carbons (Fsp3) is 0.267. The molecule has 0 saturated heterocycles. The van der Waals surface area contributed by atoms with Crippen LogP contribution in [0.25, 0.3) is 10.9 Å². The summed E-state index contributed by atoms with van der Waals surface area (Å²) in [6.45, 7) is 2.22. The molecule has 0 spiro atoms. The molecule has 0 amide bonds. The van der Waals surface area contributed by atoms with Gasteiger partial charge < -0.3 is 10.3 Å². The molecule has 1 unspecified atom stereocenters. The molecule has 1 atom stereocenters. The Kier molecular flexibility index (Phi) is 2.50. The van der Waals surface area contributed by atoms with Crippen molar-refractivity contribution in [2.75, 3.05) is 0 Å². The smallest absolute Gasteiger partial charge is 0.0581 e. The summed E-state index contributed by atoms with van der Waals surface area (Å²) in [5.74, 6) is 0. The van der Waals surface area contributed by atoms with Crippen LogP contribution in [0.2, 0.25) is 0 Å². The van der Waals surface area contributed by atoms with Crippen molar-refractivity contribution in [2.24, 2.45) is 0 Å². The summed E-state index contributed by atoms with van der Waals surface area (Å²) in [6.07, 6.45) is 6.25. The number of nitrogens with one attached hydrogen (secondary N) is 2. The van der Waals surface area contributed by atoms with Crippen LogP contribution in [0.15, 0.2) is 48.0 Å². The molecule has 1 aromatic carbocycles. The lowest BCUT2D eigenvalue weighted by Gasteiger charge is -2.17. The van der Waals surface area contributed by atoms with E-state index in [1.165, 1.54) is 22.2 Å². The van der Waals surface area contributed by atoms with Gasteiger partial charge in [0.1, 0.15) is 0 Å². The lowest BCUT2D eigenvalue weighted by molar-refractivity contribution is 0.600. The Balaban J connectivity index is 0.000000902. The molecule has 1 aromatic heterocycles. The second-order valence-electron chi connectivity index (χ2n) is 4.64. The summed E-state index contributed by atoms with van der Waals surface area (Å²) >= 11 is 0. The van der Waals surface area contributed by atoms with Crippen molar-refractivity contribution in [3.05, 3.63) is 53.5 Å². The summed E-state index contributed by atoms with van der Waals surface area (Å²) in [5, 5.41) is 4.81. The molecular weight excluding hydrogens is 208 g/mol. The van der Waals surface area contributed by atoms with Gasteiger partial charge in [-0.3, -0.25) is 0 Å². The first-order valence-electron chi connectivity index (χ1n) is 6.08. The molecule has 17 heavy (non-hydrogen) atoms. The van der Waals surface area contributed by atoms with Crippen molar-refractivity contribution < 1.29 is 2.85 Å². The fourth-order valence-corrected chi connectivity index (χ4v) is 2.28. The molecule has 0 aliphatic heterocycles. The van der Waals surface area contributed by atoms with Crippen molar-refractivity contribution in [1.82, 2.24) is 10.3 Å². The summed E-state index contributed by atoms with van der Waals surface area (Å²) in [5.41, 5.74) is 7.00. The van der Waals surface area contributed by atoms with Gasteiger partial charge in [-0.2, -0.15) is 0 Å². The van der Waals surface area contributed by atoms with Gasteiger partial charge in [-0.05, 0) is 31.1 Å². The van der Waals surface area contributed by atoms with Crippen LogP contribution in [0, 0.1) is 0 Å². The zero-order chi connectivity index (χ0) is 11.7. The van der Waals surface area contributed by atoms with Crippen molar-refractivity contribution >= 4 is 10.9 Å². The molecule has 0 bridgehead atoms. The predicted molar refractivity (Wildman–Crippen MR) is 75.0 cm³/mol. The van der Waals surface area contributed by atoms with Gasteiger partial charge in [0.05, 0.1) is 5.70 Å². The number of H-pyrrole nitrogens is 1. The average Bonchev–Trinajstić information content (AvgIpc) is 2.68. The highest BCUT2D eigenvalue weighted by Crippen LogP contribution is 2.19. The zero-order valence-corrected chi connectivity index (χ0v) is 9.96. The maximum Gasteiger partial charge on any atom is 0.0581 e. The molecule has 1 aliphatic carbocycles. The molecule has 90 valence electrons. The standard InChI is InChI=1S/C15H16N2.2H2/c1-11(17-13-5-4-6-13)9-12-10-16-15-8-3-2-7-14(12)15;;/h2-4,7-8,10-11,16-17H,5,9H2,1H3;2*1H. The Morgan fingerprint density at radius 1 is 1.47 bits per heavy atom. The third-order valence-corrected chi connectivity index (χ3v) is 3.20. The maximum absolute atomic E-state index is 3.48. The van der Waals surface area contributed by atoms with Crippen LogP contribution in [0.5, 0.6) is 0 Å². The van der Waals surface area contributed by atoms with Gasteiger partial charge in [-0.1, -0.05) is 18.2 Å². The molecule has 0 fully saturated rings. The van der Waals surface area contributed by atoms with Crippen molar-refractivity contribution in [3.63, 3.8) is 0 Å². The van der Waals surface area contributed by atoms with E-state index in [4.69, 9.17) is 0 Å². The van der Waals surface area contributed by atoms with E-state index < -0.39 is 0 Å². The van der Waals surface area contributed by atoms with E-state index in [0.717, 1.165) is 12.8 Å².